The molecule has 0 radical (unpaired) electrons. The van der Waals surface area contributed by atoms with Crippen molar-refractivity contribution < 1.29 is 9.72 Å². The number of ketones is 1. The number of aromatic nitrogens is 1. The zero-order valence-electron chi connectivity index (χ0n) is 11.1. The third kappa shape index (κ3) is 3.82. The summed E-state index contributed by atoms with van der Waals surface area (Å²) < 4.78 is 0.810. The summed E-state index contributed by atoms with van der Waals surface area (Å²) in [5.41, 5.74) is 1.50. The number of hydrogen-bond acceptors (Lipinski definition) is 4. The van der Waals surface area contributed by atoms with Gasteiger partial charge >= 0.3 is 0 Å². The second-order valence-electron chi connectivity index (χ2n) is 4.33. The summed E-state index contributed by atoms with van der Waals surface area (Å²) in [6.07, 6.45) is 3.20. The lowest BCUT2D eigenvalue weighted by atomic mass is 10.0. The fourth-order valence-electron chi connectivity index (χ4n) is 1.79. The van der Waals surface area contributed by atoms with E-state index in [1.54, 1.807) is 36.5 Å². The fraction of sp³-hybridized carbons (Fsp3) is 0.0667. The van der Waals surface area contributed by atoms with Crippen LogP contribution in [0.25, 0.3) is 11.6 Å². The molecule has 1 aromatic heterocycles. The number of non-ortho nitro benzene ring substituents is 1. The quantitative estimate of drug-likeness (QED) is 0.478. The summed E-state index contributed by atoms with van der Waals surface area (Å²) >= 11 is 3.28. The molecule has 0 saturated heterocycles. The predicted octanol–water partition coefficient (Wildman–Crippen LogP) is 3.88. The van der Waals surface area contributed by atoms with Gasteiger partial charge in [0.1, 0.15) is 0 Å². The summed E-state index contributed by atoms with van der Waals surface area (Å²) in [5, 5.41) is 10.8. The largest absolute Gasteiger partial charge is 0.294 e. The number of benzene rings is 1. The summed E-state index contributed by atoms with van der Waals surface area (Å²) in [5.74, 6) is -0.156. The van der Waals surface area contributed by atoms with Gasteiger partial charge in [-0.25, -0.2) is 0 Å². The number of hydrogen-bond donors (Lipinski definition) is 0. The van der Waals surface area contributed by atoms with Gasteiger partial charge < -0.3 is 0 Å². The third-order valence-electron chi connectivity index (χ3n) is 2.77. The highest BCUT2D eigenvalue weighted by atomic mass is 79.9. The molecule has 0 amide bonds. The van der Waals surface area contributed by atoms with Crippen molar-refractivity contribution in [3.05, 3.63) is 68.4 Å². The van der Waals surface area contributed by atoms with Crippen molar-refractivity contribution in [2.75, 3.05) is 0 Å². The number of pyridine rings is 1. The lowest BCUT2D eigenvalue weighted by Crippen LogP contribution is -1.98. The minimum Gasteiger partial charge on any atom is -0.294 e. The van der Waals surface area contributed by atoms with Gasteiger partial charge in [0.05, 0.1) is 10.6 Å². The van der Waals surface area contributed by atoms with Crippen LogP contribution in [0.5, 0.6) is 0 Å². The van der Waals surface area contributed by atoms with Gasteiger partial charge in [-0.2, -0.15) is 0 Å². The first kappa shape index (κ1) is 15.1. The van der Waals surface area contributed by atoms with Gasteiger partial charge in [-0.1, -0.05) is 12.1 Å². The molecule has 106 valence electrons. The normalized spacial score (nSPS) is 11.2. The van der Waals surface area contributed by atoms with E-state index in [1.165, 1.54) is 19.1 Å². The molecule has 0 spiro atoms. The molecule has 1 heterocycles. The Kier molecular flexibility index (Phi) is 4.59. The Balaban J connectivity index is 2.47. The molecule has 0 saturated carbocycles. The maximum absolute atomic E-state index is 11.8. The van der Waals surface area contributed by atoms with Crippen LogP contribution >= 0.6 is 15.9 Å². The van der Waals surface area contributed by atoms with E-state index in [2.05, 4.69) is 20.9 Å². The van der Waals surface area contributed by atoms with Crippen LogP contribution in [0.4, 0.5) is 5.69 Å². The minimum absolute atomic E-state index is 0.0181. The van der Waals surface area contributed by atoms with E-state index < -0.39 is 4.92 Å². The maximum Gasteiger partial charge on any atom is 0.270 e. The van der Waals surface area contributed by atoms with E-state index in [0.717, 1.165) is 4.47 Å². The highest BCUT2D eigenvalue weighted by molar-refractivity contribution is 9.10. The molecule has 0 N–H and O–H groups in total. The Morgan fingerprint density at radius 1 is 1.33 bits per heavy atom. The van der Waals surface area contributed by atoms with Crippen molar-refractivity contribution in [2.45, 2.75) is 6.92 Å². The molecule has 0 bridgehead atoms. The molecule has 6 heteroatoms. The first-order valence-electron chi connectivity index (χ1n) is 6.06. The number of nitrogens with zero attached hydrogens (tertiary/aromatic N) is 2. The van der Waals surface area contributed by atoms with Crippen molar-refractivity contribution >= 4 is 39.0 Å². The van der Waals surface area contributed by atoms with Gasteiger partial charge in [-0.3, -0.25) is 19.9 Å². The SMILES string of the molecule is CC(=O)/C(=C\c1cccc([N+](=O)[O-])c1)c1ccc(Br)cn1. The monoisotopic (exact) mass is 346 g/mol. The molecule has 2 aromatic rings. The number of carbonyl (C=O) groups excluding carboxylic acids is 1. The molecular weight excluding hydrogens is 336 g/mol. The van der Waals surface area contributed by atoms with Crippen molar-refractivity contribution in [1.82, 2.24) is 4.98 Å². The maximum atomic E-state index is 11.8. The average molecular weight is 347 g/mol. The first-order chi connectivity index (χ1) is 9.97. The molecule has 0 unspecified atom stereocenters. The molecule has 0 atom stereocenters. The third-order valence-corrected chi connectivity index (χ3v) is 3.24. The Morgan fingerprint density at radius 2 is 2.10 bits per heavy atom. The van der Waals surface area contributed by atoms with Gasteiger partial charge in [0, 0.05) is 28.4 Å². The molecular formula is C15H11BrN2O3. The number of rotatable bonds is 4. The minimum atomic E-state index is -0.470. The van der Waals surface area contributed by atoms with Crippen molar-refractivity contribution in [2.24, 2.45) is 0 Å². The van der Waals surface area contributed by atoms with Gasteiger partial charge in [0.15, 0.2) is 5.78 Å². The lowest BCUT2D eigenvalue weighted by Gasteiger charge is -2.04. The fourth-order valence-corrected chi connectivity index (χ4v) is 2.02. The van der Waals surface area contributed by atoms with Crippen molar-refractivity contribution in [1.29, 1.82) is 0 Å². The van der Waals surface area contributed by atoms with Crippen LogP contribution in [0.1, 0.15) is 18.2 Å². The van der Waals surface area contributed by atoms with Crippen molar-refractivity contribution in [3.8, 4) is 0 Å². The second kappa shape index (κ2) is 6.41. The van der Waals surface area contributed by atoms with Crippen LogP contribution in [0, 0.1) is 10.1 Å². The summed E-state index contributed by atoms with van der Waals surface area (Å²) in [4.78, 5) is 26.3. The lowest BCUT2D eigenvalue weighted by molar-refractivity contribution is -0.384. The summed E-state index contributed by atoms with van der Waals surface area (Å²) in [6.45, 7) is 1.44. The van der Waals surface area contributed by atoms with Gasteiger partial charge in [0.2, 0.25) is 0 Å². The zero-order valence-corrected chi connectivity index (χ0v) is 12.7. The predicted molar refractivity (Wildman–Crippen MR) is 83.6 cm³/mol. The van der Waals surface area contributed by atoms with E-state index in [-0.39, 0.29) is 11.5 Å². The number of halogens is 1. The van der Waals surface area contributed by atoms with Crippen LogP contribution < -0.4 is 0 Å². The number of allylic oxidation sites excluding steroid dienone is 1. The van der Waals surface area contributed by atoms with Crippen LogP contribution in [0.15, 0.2) is 47.1 Å². The molecule has 21 heavy (non-hydrogen) atoms. The number of nitro groups is 1. The molecule has 2 rings (SSSR count). The first-order valence-corrected chi connectivity index (χ1v) is 6.85. The summed E-state index contributed by atoms with van der Waals surface area (Å²) in [6, 6.07) is 9.61. The van der Waals surface area contributed by atoms with Crippen LogP contribution in [-0.4, -0.2) is 15.7 Å². The molecule has 0 aliphatic heterocycles. The Hall–Kier alpha value is -2.34. The van der Waals surface area contributed by atoms with Crippen LogP contribution in [0.2, 0.25) is 0 Å². The highest BCUT2D eigenvalue weighted by Crippen LogP contribution is 2.21. The van der Waals surface area contributed by atoms with E-state index in [4.69, 9.17) is 0 Å². The Labute approximate surface area is 129 Å². The molecule has 0 aliphatic rings. The number of Topliss-reactive ketones (excluding diaryl/α,β-unsaturated/α-hetero) is 1. The van der Waals surface area contributed by atoms with Crippen LogP contribution in [-0.2, 0) is 4.79 Å². The Morgan fingerprint density at radius 3 is 2.67 bits per heavy atom. The number of nitro benzene ring substituents is 1. The summed E-state index contributed by atoms with van der Waals surface area (Å²) in [7, 11) is 0. The van der Waals surface area contributed by atoms with Crippen molar-refractivity contribution in [3.63, 3.8) is 0 Å². The topological polar surface area (TPSA) is 73.1 Å². The molecule has 1 aromatic carbocycles. The molecule has 0 aliphatic carbocycles. The second-order valence-corrected chi connectivity index (χ2v) is 5.24. The molecule has 5 nitrogen and oxygen atoms in total. The number of carbonyl (C=O) groups is 1. The smallest absolute Gasteiger partial charge is 0.270 e. The van der Waals surface area contributed by atoms with E-state index in [0.29, 0.717) is 16.8 Å². The van der Waals surface area contributed by atoms with E-state index >= 15 is 0 Å². The van der Waals surface area contributed by atoms with Gasteiger partial charge in [0.25, 0.3) is 5.69 Å². The van der Waals surface area contributed by atoms with E-state index in [9.17, 15) is 14.9 Å². The standard InChI is InChI=1S/C15H11BrN2O3/c1-10(19)14(15-6-5-12(16)9-17-15)8-11-3-2-4-13(7-11)18(20)21/h2-9H,1H3/b14-8+. The average Bonchev–Trinajstić information content (AvgIpc) is 2.46. The zero-order chi connectivity index (χ0) is 15.4. The van der Waals surface area contributed by atoms with Crippen LogP contribution in [0.3, 0.4) is 0 Å². The highest BCUT2D eigenvalue weighted by Gasteiger charge is 2.10. The van der Waals surface area contributed by atoms with E-state index in [1.807, 2.05) is 0 Å². The van der Waals surface area contributed by atoms with Gasteiger partial charge in [-0.15, -0.1) is 0 Å². The van der Waals surface area contributed by atoms with Gasteiger partial charge in [-0.05, 0) is 46.6 Å². The Bertz CT molecular complexity index is 724. The molecule has 0 fully saturated rings.